The molecule has 1 rings (SSSR count). The fraction of sp³-hybridized carbons (Fsp3) is 0.417. The third-order valence-corrected chi connectivity index (χ3v) is 4.88. The first kappa shape index (κ1) is 16.0. The van der Waals surface area contributed by atoms with Crippen molar-refractivity contribution in [2.75, 3.05) is 19.7 Å². The Balaban J connectivity index is 3.11. The Morgan fingerprint density at radius 1 is 1.47 bits per heavy atom. The zero-order valence-corrected chi connectivity index (χ0v) is 12.4. The molecule has 1 aromatic carbocycles. The number of rotatable bonds is 7. The highest BCUT2D eigenvalue weighted by Gasteiger charge is 2.22. The van der Waals surface area contributed by atoms with Crippen molar-refractivity contribution < 1.29 is 13.5 Å². The summed E-state index contributed by atoms with van der Waals surface area (Å²) in [5.74, 6) is 0. The quantitative estimate of drug-likeness (QED) is 0.725. The van der Waals surface area contributed by atoms with Gasteiger partial charge < -0.3 is 10.8 Å². The highest BCUT2D eigenvalue weighted by atomic mass is 32.2. The first-order valence-electron chi connectivity index (χ1n) is 5.94. The fourth-order valence-corrected chi connectivity index (χ4v) is 3.32. The molecule has 0 fully saturated rings. The number of hydrogen-bond acceptors (Lipinski definition) is 4. The van der Waals surface area contributed by atoms with Gasteiger partial charge in [0.1, 0.15) is 4.99 Å². The highest BCUT2D eigenvalue weighted by molar-refractivity contribution is 7.89. The van der Waals surface area contributed by atoms with Crippen LogP contribution in [0.3, 0.4) is 0 Å². The molecule has 0 spiro atoms. The molecule has 0 amide bonds. The van der Waals surface area contributed by atoms with Crippen LogP contribution in [-0.4, -0.2) is 42.5 Å². The van der Waals surface area contributed by atoms with Gasteiger partial charge in [-0.3, -0.25) is 0 Å². The summed E-state index contributed by atoms with van der Waals surface area (Å²) < 4.78 is 26.1. The summed E-state index contributed by atoms with van der Waals surface area (Å²) in [5, 5.41) is 8.81. The van der Waals surface area contributed by atoms with Gasteiger partial charge >= 0.3 is 0 Å². The van der Waals surface area contributed by atoms with E-state index < -0.39 is 10.0 Å². The van der Waals surface area contributed by atoms with Crippen LogP contribution in [0, 0.1) is 0 Å². The van der Waals surface area contributed by atoms with Crippen molar-refractivity contribution in [3.63, 3.8) is 0 Å². The summed E-state index contributed by atoms with van der Waals surface area (Å²) >= 11 is 4.84. The van der Waals surface area contributed by atoms with Gasteiger partial charge in [0.2, 0.25) is 10.0 Å². The van der Waals surface area contributed by atoms with Gasteiger partial charge in [-0.1, -0.05) is 31.3 Å². The third-order valence-electron chi connectivity index (χ3n) is 2.67. The van der Waals surface area contributed by atoms with E-state index in [9.17, 15) is 8.42 Å². The predicted molar refractivity (Wildman–Crippen MR) is 78.5 cm³/mol. The Labute approximate surface area is 119 Å². The van der Waals surface area contributed by atoms with Crippen molar-refractivity contribution in [3.8, 4) is 0 Å². The summed E-state index contributed by atoms with van der Waals surface area (Å²) in [6.45, 7) is 2.34. The minimum atomic E-state index is -3.57. The fourth-order valence-electron chi connectivity index (χ4n) is 1.65. The number of benzene rings is 1. The summed E-state index contributed by atoms with van der Waals surface area (Å²) in [5.41, 5.74) is 6.03. The van der Waals surface area contributed by atoms with Crippen molar-refractivity contribution in [1.82, 2.24) is 4.31 Å². The third kappa shape index (κ3) is 3.97. The number of aliphatic hydroxyl groups excluding tert-OH is 1. The highest BCUT2D eigenvalue weighted by Crippen LogP contribution is 2.17. The van der Waals surface area contributed by atoms with E-state index in [1.807, 2.05) is 0 Å². The maximum atomic E-state index is 12.4. The van der Waals surface area contributed by atoms with E-state index in [1.54, 1.807) is 19.1 Å². The molecule has 0 heterocycles. The van der Waals surface area contributed by atoms with Crippen LogP contribution in [0.25, 0.3) is 0 Å². The molecule has 7 heteroatoms. The van der Waals surface area contributed by atoms with E-state index >= 15 is 0 Å². The van der Waals surface area contributed by atoms with E-state index in [4.69, 9.17) is 23.1 Å². The molecule has 19 heavy (non-hydrogen) atoms. The first-order chi connectivity index (χ1) is 8.93. The second kappa shape index (κ2) is 6.95. The van der Waals surface area contributed by atoms with Crippen LogP contribution in [0.4, 0.5) is 0 Å². The zero-order chi connectivity index (χ0) is 14.5. The molecular weight excluding hydrogens is 284 g/mol. The maximum Gasteiger partial charge on any atom is 0.243 e. The van der Waals surface area contributed by atoms with Crippen molar-refractivity contribution in [3.05, 3.63) is 29.8 Å². The van der Waals surface area contributed by atoms with E-state index in [0.29, 0.717) is 18.5 Å². The van der Waals surface area contributed by atoms with Gasteiger partial charge in [0.25, 0.3) is 0 Å². The minimum absolute atomic E-state index is 0.0427. The Morgan fingerprint density at radius 2 is 2.16 bits per heavy atom. The molecule has 0 aliphatic heterocycles. The van der Waals surface area contributed by atoms with Crippen LogP contribution < -0.4 is 5.73 Å². The largest absolute Gasteiger partial charge is 0.396 e. The summed E-state index contributed by atoms with van der Waals surface area (Å²) in [4.78, 5) is 0.327. The average molecular weight is 302 g/mol. The van der Waals surface area contributed by atoms with Crippen molar-refractivity contribution in [1.29, 1.82) is 0 Å². The summed E-state index contributed by atoms with van der Waals surface area (Å²) in [7, 11) is -3.57. The van der Waals surface area contributed by atoms with Gasteiger partial charge in [0.15, 0.2) is 0 Å². The molecule has 3 N–H and O–H groups in total. The lowest BCUT2D eigenvalue weighted by Gasteiger charge is -2.20. The number of sulfonamides is 1. The van der Waals surface area contributed by atoms with E-state index in [-0.39, 0.29) is 23.0 Å². The van der Waals surface area contributed by atoms with Crippen LogP contribution in [0.1, 0.15) is 18.9 Å². The SMILES string of the molecule is CCN(CCCO)S(=O)(=O)c1cccc(C(N)=S)c1. The van der Waals surface area contributed by atoms with Gasteiger partial charge in [0, 0.05) is 25.3 Å². The lowest BCUT2D eigenvalue weighted by Crippen LogP contribution is -2.32. The van der Waals surface area contributed by atoms with Gasteiger partial charge in [0.05, 0.1) is 4.90 Å². The second-order valence-electron chi connectivity index (χ2n) is 3.97. The number of nitrogens with two attached hydrogens (primary N) is 1. The lowest BCUT2D eigenvalue weighted by atomic mass is 10.2. The van der Waals surface area contributed by atoms with Crippen LogP contribution in [0.2, 0.25) is 0 Å². The molecule has 5 nitrogen and oxygen atoms in total. The number of aliphatic hydroxyl groups is 1. The van der Waals surface area contributed by atoms with Gasteiger partial charge in [-0.05, 0) is 18.6 Å². The Morgan fingerprint density at radius 3 is 2.68 bits per heavy atom. The Bertz CT molecular complexity index is 544. The van der Waals surface area contributed by atoms with Crippen LogP contribution >= 0.6 is 12.2 Å². The summed E-state index contributed by atoms with van der Waals surface area (Å²) in [6, 6.07) is 6.27. The van der Waals surface area contributed by atoms with E-state index in [1.165, 1.54) is 16.4 Å². The number of nitrogens with zero attached hydrogens (tertiary/aromatic N) is 1. The standard InChI is InChI=1S/C12H18N2O3S2/c1-2-14(7-4-8-15)19(16,17)11-6-3-5-10(9-11)12(13)18/h3,5-6,9,15H,2,4,7-8H2,1H3,(H2,13,18). The maximum absolute atomic E-state index is 12.4. The van der Waals surface area contributed by atoms with Gasteiger partial charge in [-0.25, -0.2) is 8.42 Å². The van der Waals surface area contributed by atoms with Crippen molar-refractivity contribution >= 4 is 27.2 Å². The average Bonchev–Trinajstić information content (AvgIpc) is 2.39. The zero-order valence-electron chi connectivity index (χ0n) is 10.7. The lowest BCUT2D eigenvalue weighted by molar-refractivity contribution is 0.271. The molecule has 0 radical (unpaired) electrons. The Kier molecular flexibility index (Phi) is 5.86. The van der Waals surface area contributed by atoms with E-state index in [0.717, 1.165) is 0 Å². The minimum Gasteiger partial charge on any atom is -0.396 e. The normalized spacial score (nSPS) is 11.7. The monoisotopic (exact) mass is 302 g/mol. The second-order valence-corrected chi connectivity index (χ2v) is 6.34. The molecule has 106 valence electrons. The van der Waals surface area contributed by atoms with Crippen LogP contribution in [0.5, 0.6) is 0 Å². The number of hydrogen-bond donors (Lipinski definition) is 2. The molecule has 0 saturated carbocycles. The van der Waals surface area contributed by atoms with Gasteiger partial charge in [-0.15, -0.1) is 0 Å². The number of thiocarbonyl (C=S) groups is 1. The molecule has 1 aromatic rings. The molecule has 0 atom stereocenters. The first-order valence-corrected chi connectivity index (χ1v) is 7.79. The molecule has 0 aliphatic rings. The van der Waals surface area contributed by atoms with Gasteiger partial charge in [-0.2, -0.15) is 4.31 Å². The van der Waals surface area contributed by atoms with Crippen molar-refractivity contribution in [2.45, 2.75) is 18.2 Å². The van der Waals surface area contributed by atoms with Crippen LogP contribution in [0.15, 0.2) is 29.2 Å². The predicted octanol–water partition coefficient (Wildman–Crippen LogP) is 0.714. The molecule has 0 aromatic heterocycles. The van der Waals surface area contributed by atoms with Crippen molar-refractivity contribution in [2.24, 2.45) is 5.73 Å². The molecule has 0 bridgehead atoms. The molecular formula is C12H18N2O3S2. The Hall–Kier alpha value is -1.02. The van der Waals surface area contributed by atoms with Crippen LogP contribution in [-0.2, 0) is 10.0 Å². The molecule has 0 unspecified atom stereocenters. The summed E-state index contributed by atoms with van der Waals surface area (Å²) in [6.07, 6.45) is 0.405. The van der Waals surface area contributed by atoms with E-state index in [2.05, 4.69) is 0 Å². The molecule has 0 aliphatic carbocycles. The topological polar surface area (TPSA) is 83.6 Å². The molecule has 0 saturated heterocycles. The smallest absolute Gasteiger partial charge is 0.243 e.